The van der Waals surface area contributed by atoms with E-state index in [0.29, 0.717) is 0 Å². The van der Waals surface area contributed by atoms with Gasteiger partial charge in [0, 0.05) is 35.2 Å². The van der Waals surface area contributed by atoms with Gasteiger partial charge in [-0.05, 0) is 18.6 Å². The van der Waals surface area contributed by atoms with E-state index in [4.69, 9.17) is 4.74 Å². The Kier molecular flexibility index (Phi) is 2.49. The van der Waals surface area contributed by atoms with E-state index in [1.165, 1.54) is 22.8 Å². The first-order valence-corrected chi connectivity index (χ1v) is 6.65. The van der Waals surface area contributed by atoms with Crippen molar-refractivity contribution in [3.63, 3.8) is 0 Å². The third-order valence-corrected chi connectivity index (χ3v) is 4.42. The largest absolute Gasteiger partial charge is 0.493 e. The number of hydrogen-bond acceptors (Lipinski definition) is 3. The van der Waals surface area contributed by atoms with Crippen molar-refractivity contribution in [3.05, 3.63) is 23.8 Å². The highest BCUT2D eigenvalue weighted by Gasteiger charge is 2.20. The summed E-state index contributed by atoms with van der Waals surface area (Å²) < 4.78 is 5.90. The summed E-state index contributed by atoms with van der Waals surface area (Å²) in [6.07, 6.45) is 1.10. The van der Waals surface area contributed by atoms with Gasteiger partial charge in [0.05, 0.1) is 6.61 Å². The molecule has 2 aliphatic heterocycles. The zero-order valence-corrected chi connectivity index (χ0v) is 9.48. The molecule has 0 unspecified atom stereocenters. The van der Waals surface area contributed by atoms with E-state index >= 15 is 0 Å². The van der Waals surface area contributed by atoms with Crippen molar-refractivity contribution >= 4 is 17.4 Å². The third-order valence-electron chi connectivity index (χ3n) is 3.01. The van der Waals surface area contributed by atoms with Gasteiger partial charge in [0.2, 0.25) is 0 Å². The Morgan fingerprint density at radius 1 is 1.40 bits per heavy atom. The molecule has 15 heavy (non-hydrogen) atoms. The summed E-state index contributed by atoms with van der Waals surface area (Å²) in [6.45, 7) is 1.94. The first kappa shape index (κ1) is 9.40. The molecule has 2 heterocycles. The number of thioether (sulfide) groups is 1. The number of ether oxygens (including phenoxy) is 1. The quantitative estimate of drug-likeness (QED) is 0.847. The lowest BCUT2D eigenvalue weighted by atomic mass is 10.1. The van der Waals surface area contributed by atoms with E-state index in [0.717, 1.165) is 31.2 Å². The van der Waals surface area contributed by atoms with Gasteiger partial charge >= 0.3 is 0 Å². The first-order valence-electron chi connectivity index (χ1n) is 5.50. The smallest absolute Gasteiger partial charge is 0.124 e. The van der Waals surface area contributed by atoms with Crippen LogP contribution in [0.1, 0.15) is 5.56 Å². The standard InChI is InChI=1S/C12H15NOS/c1-2-11-10(4-5-13-11)12(3-1)14-6-9-7-15-8-9/h1-3,9,13H,4-8H2. The average molecular weight is 221 g/mol. The van der Waals surface area contributed by atoms with Crippen molar-refractivity contribution in [2.45, 2.75) is 6.42 Å². The van der Waals surface area contributed by atoms with Crippen molar-refractivity contribution in [2.24, 2.45) is 5.92 Å². The molecule has 0 radical (unpaired) electrons. The minimum Gasteiger partial charge on any atom is -0.493 e. The van der Waals surface area contributed by atoms with Gasteiger partial charge in [-0.15, -0.1) is 0 Å². The first-order chi connectivity index (χ1) is 7.43. The normalized spacial score (nSPS) is 19.2. The van der Waals surface area contributed by atoms with E-state index in [1.807, 2.05) is 11.8 Å². The van der Waals surface area contributed by atoms with Crippen molar-refractivity contribution < 1.29 is 4.74 Å². The SMILES string of the molecule is c1cc2c(c(OCC3CSC3)c1)CCN2. The van der Waals surface area contributed by atoms with E-state index in [2.05, 4.69) is 23.5 Å². The van der Waals surface area contributed by atoms with Crippen LogP contribution in [0.25, 0.3) is 0 Å². The highest BCUT2D eigenvalue weighted by Crippen LogP contribution is 2.32. The highest BCUT2D eigenvalue weighted by molar-refractivity contribution is 8.00. The molecule has 2 nitrogen and oxygen atoms in total. The molecular weight excluding hydrogens is 206 g/mol. The predicted octanol–water partition coefficient (Wildman–Crippen LogP) is 2.40. The maximum absolute atomic E-state index is 5.90. The molecule has 2 aliphatic rings. The lowest BCUT2D eigenvalue weighted by molar-refractivity contribution is 0.268. The summed E-state index contributed by atoms with van der Waals surface area (Å²) in [4.78, 5) is 0. The Labute approximate surface area is 94.4 Å². The van der Waals surface area contributed by atoms with Gasteiger partial charge in [0.1, 0.15) is 5.75 Å². The van der Waals surface area contributed by atoms with Gasteiger partial charge in [0.15, 0.2) is 0 Å². The van der Waals surface area contributed by atoms with E-state index < -0.39 is 0 Å². The molecule has 0 bridgehead atoms. The van der Waals surface area contributed by atoms with Crippen LogP contribution in [0.15, 0.2) is 18.2 Å². The van der Waals surface area contributed by atoms with Gasteiger partial charge in [-0.3, -0.25) is 0 Å². The summed E-state index contributed by atoms with van der Waals surface area (Å²) >= 11 is 2.01. The second-order valence-electron chi connectivity index (χ2n) is 4.17. The summed E-state index contributed by atoms with van der Waals surface area (Å²) in [5.74, 6) is 4.41. The van der Waals surface area contributed by atoms with E-state index in [9.17, 15) is 0 Å². The van der Waals surface area contributed by atoms with Crippen molar-refractivity contribution in [3.8, 4) is 5.75 Å². The molecule has 1 fully saturated rings. The molecular formula is C12H15NOS. The van der Waals surface area contributed by atoms with Crippen LogP contribution in [0.2, 0.25) is 0 Å². The van der Waals surface area contributed by atoms with E-state index in [-0.39, 0.29) is 0 Å². The fourth-order valence-electron chi connectivity index (χ4n) is 2.03. The number of rotatable bonds is 3. The highest BCUT2D eigenvalue weighted by atomic mass is 32.2. The molecule has 1 saturated heterocycles. The molecule has 1 aromatic carbocycles. The number of fused-ring (bicyclic) bond motifs is 1. The molecule has 0 aromatic heterocycles. The van der Waals surface area contributed by atoms with Crippen molar-refractivity contribution in [1.82, 2.24) is 0 Å². The lowest BCUT2D eigenvalue weighted by Gasteiger charge is -2.25. The Morgan fingerprint density at radius 3 is 3.13 bits per heavy atom. The third kappa shape index (κ3) is 1.81. The summed E-state index contributed by atoms with van der Waals surface area (Å²) in [6, 6.07) is 6.30. The number of nitrogens with one attached hydrogen (secondary N) is 1. The van der Waals surface area contributed by atoms with Crippen LogP contribution in [0.3, 0.4) is 0 Å². The van der Waals surface area contributed by atoms with E-state index in [1.54, 1.807) is 0 Å². The molecule has 1 N–H and O–H groups in total. The maximum Gasteiger partial charge on any atom is 0.124 e. The minimum absolute atomic E-state index is 0.778. The molecule has 0 aliphatic carbocycles. The van der Waals surface area contributed by atoms with Crippen LogP contribution in [0.5, 0.6) is 5.75 Å². The van der Waals surface area contributed by atoms with Crippen LogP contribution in [0.4, 0.5) is 5.69 Å². The van der Waals surface area contributed by atoms with Gasteiger partial charge in [0.25, 0.3) is 0 Å². The van der Waals surface area contributed by atoms with Crippen LogP contribution in [-0.4, -0.2) is 24.7 Å². The predicted molar refractivity (Wildman–Crippen MR) is 64.9 cm³/mol. The number of hydrogen-bond donors (Lipinski definition) is 1. The fraction of sp³-hybridized carbons (Fsp3) is 0.500. The zero-order valence-electron chi connectivity index (χ0n) is 8.66. The molecule has 3 rings (SSSR count). The minimum atomic E-state index is 0.778. The average Bonchev–Trinajstić information content (AvgIpc) is 2.63. The van der Waals surface area contributed by atoms with Crippen molar-refractivity contribution in [1.29, 1.82) is 0 Å². The number of benzene rings is 1. The summed E-state index contributed by atoms with van der Waals surface area (Å²) in [5.41, 5.74) is 2.62. The molecule has 0 spiro atoms. The Hall–Kier alpha value is -0.830. The van der Waals surface area contributed by atoms with Gasteiger partial charge in [-0.1, -0.05) is 6.07 Å². The van der Waals surface area contributed by atoms with Gasteiger partial charge in [-0.25, -0.2) is 0 Å². The Balaban J connectivity index is 1.71. The van der Waals surface area contributed by atoms with Crippen LogP contribution in [0, 0.1) is 5.92 Å². The topological polar surface area (TPSA) is 21.3 Å². The zero-order chi connectivity index (χ0) is 10.1. The molecule has 0 atom stereocenters. The molecule has 0 saturated carbocycles. The van der Waals surface area contributed by atoms with Crippen molar-refractivity contribution in [2.75, 3.05) is 30.0 Å². The van der Waals surface area contributed by atoms with Gasteiger partial charge in [-0.2, -0.15) is 11.8 Å². The maximum atomic E-state index is 5.90. The Bertz CT molecular complexity index is 363. The summed E-state index contributed by atoms with van der Waals surface area (Å²) in [7, 11) is 0. The lowest BCUT2D eigenvalue weighted by Crippen LogP contribution is -2.25. The second kappa shape index (κ2) is 3.97. The molecule has 80 valence electrons. The van der Waals surface area contributed by atoms with Crippen LogP contribution < -0.4 is 10.1 Å². The Morgan fingerprint density at radius 2 is 2.33 bits per heavy atom. The monoisotopic (exact) mass is 221 g/mol. The molecule has 3 heteroatoms. The van der Waals surface area contributed by atoms with Crippen LogP contribution in [-0.2, 0) is 6.42 Å². The molecule has 0 amide bonds. The second-order valence-corrected chi connectivity index (χ2v) is 5.25. The molecule has 1 aromatic rings. The number of anilines is 1. The fourth-order valence-corrected chi connectivity index (χ4v) is 2.80. The summed E-state index contributed by atoms with van der Waals surface area (Å²) in [5, 5.41) is 3.37. The van der Waals surface area contributed by atoms with Gasteiger partial charge < -0.3 is 10.1 Å². The van der Waals surface area contributed by atoms with Crippen LogP contribution >= 0.6 is 11.8 Å².